The molecule has 1 heterocycles. The van der Waals surface area contributed by atoms with E-state index < -0.39 is 11.6 Å². The standard InChI is InChI=1S/C14H17F2N3/c1-2-3-18-4-6-19(7-5-18)14-12(15)8-11(10-17)9-13(14)16/h8-9H,2-7H2,1H3. The van der Waals surface area contributed by atoms with E-state index in [1.54, 1.807) is 11.0 Å². The molecule has 0 saturated carbocycles. The summed E-state index contributed by atoms with van der Waals surface area (Å²) in [5.41, 5.74) is 0.0125. The lowest BCUT2D eigenvalue weighted by molar-refractivity contribution is 0.257. The highest BCUT2D eigenvalue weighted by Gasteiger charge is 2.22. The van der Waals surface area contributed by atoms with Crippen LogP contribution in [-0.2, 0) is 0 Å². The maximum Gasteiger partial charge on any atom is 0.150 e. The van der Waals surface area contributed by atoms with Crippen LogP contribution in [0.2, 0.25) is 0 Å². The van der Waals surface area contributed by atoms with E-state index in [0.717, 1.165) is 38.2 Å². The molecule has 1 aliphatic rings. The Kier molecular flexibility index (Phi) is 4.33. The van der Waals surface area contributed by atoms with Gasteiger partial charge in [0.2, 0.25) is 0 Å². The number of piperazine rings is 1. The van der Waals surface area contributed by atoms with Crippen molar-refractivity contribution in [2.45, 2.75) is 13.3 Å². The van der Waals surface area contributed by atoms with Gasteiger partial charge in [-0.3, -0.25) is 4.90 Å². The third-order valence-corrected chi connectivity index (χ3v) is 3.37. The Morgan fingerprint density at radius 3 is 2.21 bits per heavy atom. The first kappa shape index (κ1) is 13.8. The maximum absolute atomic E-state index is 13.9. The van der Waals surface area contributed by atoms with Crippen molar-refractivity contribution >= 4 is 5.69 Å². The fraction of sp³-hybridized carbons (Fsp3) is 0.500. The normalized spacial score (nSPS) is 16.4. The van der Waals surface area contributed by atoms with Gasteiger partial charge in [0.1, 0.15) is 5.69 Å². The molecule has 1 aromatic rings. The molecule has 0 N–H and O–H groups in total. The molecule has 0 atom stereocenters. The van der Waals surface area contributed by atoms with Crippen LogP contribution in [0.1, 0.15) is 18.9 Å². The fourth-order valence-corrected chi connectivity index (χ4v) is 2.44. The number of nitriles is 1. The van der Waals surface area contributed by atoms with E-state index in [-0.39, 0.29) is 11.3 Å². The van der Waals surface area contributed by atoms with Crippen molar-refractivity contribution in [3.05, 3.63) is 29.3 Å². The van der Waals surface area contributed by atoms with Crippen molar-refractivity contribution in [2.75, 3.05) is 37.6 Å². The number of benzene rings is 1. The van der Waals surface area contributed by atoms with Crippen LogP contribution in [0, 0.1) is 23.0 Å². The summed E-state index contributed by atoms with van der Waals surface area (Å²) in [6, 6.07) is 3.94. The minimum atomic E-state index is -0.652. The number of halogens is 2. The van der Waals surface area contributed by atoms with Gasteiger partial charge in [0.15, 0.2) is 11.6 Å². The Balaban J connectivity index is 2.14. The average molecular weight is 265 g/mol. The maximum atomic E-state index is 13.9. The highest BCUT2D eigenvalue weighted by molar-refractivity contribution is 5.53. The molecule has 1 saturated heterocycles. The quantitative estimate of drug-likeness (QED) is 0.840. The molecule has 1 fully saturated rings. The molecule has 0 amide bonds. The SMILES string of the molecule is CCCN1CCN(c2c(F)cc(C#N)cc2F)CC1. The molecule has 0 spiro atoms. The summed E-state index contributed by atoms with van der Waals surface area (Å²) in [4.78, 5) is 4.01. The predicted molar refractivity (Wildman–Crippen MR) is 70.0 cm³/mol. The molecule has 1 aliphatic heterocycles. The van der Waals surface area contributed by atoms with Crippen molar-refractivity contribution in [2.24, 2.45) is 0 Å². The average Bonchev–Trinajstić information content (AvgIpc) is 2.40. The topological polar surface area (TPSA) is 30.3 Å². The van der Waals surface area contributed by atoms with Crippen LogP contribution < -0.4 is 4.90 Å². The molecule has 0 aromatic heterocycles. The first-order chi connectivity index (χ1) is 9.15. The second kappa shape index (κ2) is 5.98. The zero-order valence-electron chi connectivity index (χ0n) is 11.0. The van der Waals surface area contributed by atoms with Crippen LogP contribution in [0.4, 0.5) is 14.5 Å². The van der Waals surface area contributed by atoms with Gasteiger partial charge in [-0.25, -0.2) is 8.78 Å². The van der Waals surface area contributed by atoms with Crippen LogP contribution in [0.5, 0.6) is 0 Å². The Morgan fingerprint density at radius 1 is 1.16 bits per heavy atom. The number of hydrogen-bond donors (Lipinski definition) is 0. The number of nitrogens with zero attached hydrogens (tertiary/aromatic N) is 3. The van der Waals surface area contributed by atoms with Crippen molar-refractivity contribution in [1.29, 1.82) is 5.26 Å². The lowest BCUT2D eigenvalue weighted by atomic mass is 10.1. The molecular weight excluding hydrogens is 248 g/mol. The minimum Gasteiger partial charge on any atom is -0.364 e. The van der Waals surface area contributed by atoms with Gasteiger partial charge >= 0.3 is 0 Å². The summed E-state index contributed by atoms with van der Waals surface area (Å²) in [7, 11) is 0. The molecule has 0 unspecified atom stereocenters. The second-order valence-electron chi connectivity index (χ2n) is 4.73. The lowest BCUT2D eigenvalue weighted by Crippen LogP contribution is -2.47. The first-order valence-electron chi connectivity index (χ1n) is 6.52. The third-order valence-electron chi connectivity index (χ3n) is 3.37. The van der Waals surface area contributed by atoms with Gasteiger partial charge in [0.25, 0.3) is 0 Å². The molecule has 0 aliphatic carbocycles. The van der Waals surface area contributed by atoms with Gasteiger partial charge in [0, 0.05) is 26.2 Å². The van der Waals surface area contributed by atoms with E-state index in [9.17, 15) is 8.78 Å². The highest BCUT2D eigenvalue weighted by Crippen LogP contribution is 2.25. The first-order valence-corrected chi connectivity index (χ1v) is 6.52. The molecule has 19 heavy (non-hydrogen) atoms. The molecular formula is C14H17F2N3. The number of rotatable bonds is 3. The van der Waals surface area contributed by atoms with E-state index in [1.807, 2.05) is 0 Å². The number of anilines is 1. The monoisotopic (exact) mass is 265 g/mol. The van der Waals surface area contributed by atoms with Gasteiger partial charge in [-0.2, -0.15) is 5.26 Å². The van der Waals surface area contributed by atoms with Gasteiger partial charge in [0.05, 0.1) is 11.6 Å². The Bertz CT molecular complexity index is 465. The van der Waals surface area contributed by atoms with E-state index in [2.05, 4.69) is 11.8 Å². The largest absolute Gasteiger partial charge is 0.364 e. The van der Waals surface area contributed by atoms with E-state index in [4.69, 9.17) is 5.26 Å². The summed E-state index contributed by atoms with van der Waals surface area (Å²) >= 11 is 0. The highest BCUT2D eigenvalue weighted by atomic mass is 19.1. The van der Waals surface area contributed by atoms with Crippen LogP contribution in [0.25, 0.3) is 0 Å². The zero-order chi connectivity index (χ0) is 13.8. The lowest BCUT2D eigenvalue weighted by Gasteiger charge is -2.36. The summed E-state index contributed by atoms with van der Waals surface area (Å²) in [5, 5.41) is 8.68. The van der Waals surface area contributed by atoms with Crippen molar-refractivity contribution in [3.63, 3.8) is 0 Å². The third kappa shape index (κ3) is 3.02. The second-order valence-corrected chi connectivity index (χ2v) is 4.73. The molecule has 0 bridgehead atoms. The number of hydrogen-bond acceptors (Lipinski definition) is 3. The summed E-state index contributed by atoms with van der Waals surface area (Å²) in [6.45, 7) is 5.98. The van der Waals surface area contributed by atoms with Crippen LogP contribution in [-0.4, -0.2) is 37.6 Å². The smallest absolute Gasteiger partial charge is 0.150 e. The molecule has 102 valence electrons. The predicted octanol–water partition coefficient (Wildman–Crippen LogP) is 2.37. The van der Waals surface area contributed by atoms with Gasteiger partial charge in [-0.15, -0.1) is 0 Å². The van der Waals surface area contributed by atoms with Crippen molar-refractivity contribution < 1.29 is 8.78 Å². The van der Waals surface area contributed by atoms with E-state index in [0.29, 0.717) is 13.1 Å². The summed E-state index contributed by atoms with van der Waals surface area (Å²) < 4.78 is 27.8. The Hall–Kier alpha value is -1.67. The fourth-order valence-electron chi connectivity index (χ4n) is 2.44. The Morgan fingerprint density at radius 2 is 1.74 bits per heavy atom. The van der Waals surface area contributed by atoms with Crippen molar-refractivity contribution in [1.82, 2.24) is 4.90 Å². The van der Waals surface area contributed by atoms with E-state index >= 15 is 0 Å². The molecule has 1 aromatic carbocycles. The molecule has 3 nitrogen and oxygen atoms in total. The van der Waals surface area contributed by atoms with Gasteiger partial charge in [-0.05, 0) is 25.1 Å². The minimum absolute atomic E-state index is 0.00449. The molecule has 0 radical (unpaired) electrons. The molecule has 5 heteroatoms. The zero-order valence-corrected chi connectivity index (χ0v) is 11.0. The van der Waals surface area contributed by atoms with Crippen molar-refractivity contribution in [3.8, 4) is 6.07 Å². The van der Waals surface area contributed by atoms with E-state index in [1.165, 1.54) is 0 Å². The Labute approximate surface area is 112 Å². The summed E-state index contributed by atoms with van der Waals surface area (Å²) in [5.74, 6) is -1.30. The van der Waals surface area contributed by atoms with Crippen LogP contribution >= 0.6 is 0 Å². The van der Waals surface area contributed by atoms with Gasteiger partial charge < -0.3 is 4.90 Å². The van der Waals surface area contributed by atoms with Gasteiger partial charge in [-0.1, -0.05) is 6.92 Å². The summed E-state index contributed by atoms with van der Waals surface area (Å²) in [6.07, 6.45) is 1.08. The van der Waals surface area contributed by atoms with Crippen LogP contribution in [0.15, 0.2) is 12.1 Å². The molecule has 2 rings (SSSR count). The van der Waals surface area contributed by atoms with Crippen LogP contribution in [0.3, 0.4) is 0 Å².